The molecule has 0 radical (unpaired) electrons. The van der Waals surface area contributed by atoms with Crippen LogP contribution in [0.2, 0.25) is 0 Å². The van der Waals surface area contributed by atoms with E-state index in [2.05, 4.69) is 0 Å². The molecule has 0 aliphatic heterocycles. The highest BCUT2D eigenvalue weighted by Crippen LogP contribution is 2.18. The standard InChI is InChI=1S/C7H5F2.2C6HF4.Al/c1-5-2-3-6(8)4-7(5)9;2*7-3-1-4(8)6(10)5(9)2-3;/h2,4H,1H3;2*1H;. The molecule has 0 saturated heterocycles. The molecule has 0 fully saturated rings. The van der Waals surface area contributed by atoms with Gasteiger partial charge in [-0.05, 0) is 21.3 Å². The monoisotopic (exact) mass is 452 g/mol. The van der Waals surface area contributed by atoms with Gasteiger partial charge in [0.1, 0.15) is 23.3 Å². The van der Waals surface area contributed by atoms with E-state index in [-0.39, 0.29) is 23.8 Å². The summed E-state index contributed by atoms with van der Waals surface area (Å²) in [7, 11) is 0. The van der Waals surface area contributed by atoms with Gasteiger partial charge in [0.2, 0.25) is 0 Å². The fourth-order valence-corrected chi connectivity index (χ4v) is 6.21. The molecule has 0 aliphatic carbocycles. The lowest BCUT2D eigenvalue weighted by atomic mass is 10.2. The first-order chi connectivity index (χ1) is 14.0. The lowest BCUT2D eigenvalue weighted by Gasteiger charge is -2.19. The van der Waals surface area contributed by atoms with Crippen molar-refractivity contribution in [2.75, 3.05) is 0 Å². The van der Waals surface area contributed by atoms with E-state index in [0.717, 1.165) is 6.92 Å². The Labute approximate surface area is 166 Å². The molecular formula is C19H7AlF10. The molecule has 11 heteroatoms. The number of aryl methyl sites for hydroxylation is 1. The summed E-state index contributed by atoms with van der Waals surface area (Å²) in [5.41, 5.74) is -0.323. The zero-order valence-corrected chi connectivity index (χ0v) is 15.8. The third kappa shape index (κ3) is 3.57. The van der Waals surface area contributed by atoms with Crippen molar-refractivity contribution in [2.45, 2.75) is 6.92 Å². The summed E-state index contributed by atoms with van der Waals surface area (Å²) in [5.74, 6) is -19.2. The van der Waals surface area contributed by atoms with Gasteiger partial charge in [-0.3, -0.25) is 0 Å². The second-order valence-corrected chi connectivity index (χ2v) is 8.96. The van der Waals surface area contributed by atoms with E-state index in [1.807, 2.05) is 0 Å². The highest BCUT2D eigenvalue weighted by atomic mass is 27.2. The second-order valence-electron chi connectivity index (χ2n) is 6.32. The Morgan fingerprint density at radius 1 is 0.467 bits per heavy atom. The Balaban J connectivity index is 2.50. The van der Waals surface area contributed by atoms with E-state index in [9.17, 15) is 43.9 Å². The van der Waals surface area contributed by atoms with Crippen molar-refractivity contribution in [1.29, 1.82) is 0 Å². The average molecular weight is 452 g/mol. The lowest BCUT2D eigenvalue weighted by Crippen LogP contribution is -2.58. The van der Waals surface area contributed by atoms with Crippen LogP contribution in [0.25, 0.3) is 0 Å². The maximum Gasteiger partial charge on any atom is 0.407 e. The maximum absolute atomic E-state index is 14.5. The van der Waals surface area contributed by atoms with Crippen LogP contribution in [0.5, 0.6) is 0 Å². The minimum absolute atomic E-state index is 0.141. The van der Waals surface area contributed by atoms with Crippen LogP contribution in [0.1, 0.15) is 5.56 Å². The van der Waals surface area contributed by atoms with Crippen molar-refractivity contribution in [3.8, 4) is 0 Å². The predicted octanol–water partition coefficient (Wildman–Crippen LogP) is 3.90. The summed E-state index contributed by atoms with van der Waals surface area (Å²) in [6, 6.07) is 0.618. The van der Waals surface area contributed by atoms with Crippen LogP contribution in [0.15, 0.2) is 24.3 Å². The van der Waals surface area contributed by atoms with Gasteiger partial charge in [-0.25, -0.2) is 43.9 Å². The predicted molar refractivity (Wildman–Crippen MR) is 88.3 cm³/mol. The van der Waals surface area contributed by atoms with E-state index >= 15 is 0 Å². The van der Waals surface area contributed by atoms with Crippen LogP contribution in [0.3, 0.4) is 0 Å². The molecule has 156 valence electrons. The smallest absolute Gasteiger partial charge is 0.208 e. The quantitative estimate of drug-likeness (QED) is 0.245. The van der Waals surface area contributed by atoms with Crippen molar-refractivity contribution in [3.05, 3.63) is 88.0 Å². The van der Waals surface area contributed by atoms with Gasteiger partial charge in [-0.1, -0.05) is 10.5 Å². The average Bonchev–Trinajstić information content (AvgIpc) is 2.66. The molecule has 0 unspecified atom stereocenters. The molecule has 0 aliphatic rings. The molecule has 0 amide bonds. The molecular weight excluding hydrogens is 445 g/mol. The molecule has 0 atom stereocenters. The van der Waals surface area contributed by atoms with Crippen molar-refractivity contribution in [3.63, 3.8) is 0 Å². The van der Waals surface area contributed by atoms with Crippen molar-refractivity contribution in [1.82, 2.24) is 0 Å². The summed E-state index contributed by atoms with van der Waals surface area (Å²) in [4.78, 5) is 0. The van der Waals surface area contributed by atoms with Crippen LogP contribution in [-0.2, 0) is 0 Å². The van der Waals surface area contributed by atoms with Gasteiger partial charge in [0.15, 0.2) is 34.9 Å². The van der Waals surface area contributed by atoms with Crippen molar-refractivity contribution < 1.29 is 43.9 Å². The first-order valence-electron chi connectivity index (χ1n) is 8.07. The van der Waals surface area contributed by atoms with Crippen LogP contribution in [0.4, 0.5) is 43.9 Å². The van der Waals surface area contributed by atoms with Gasteiger partial charge in [-0.15, -0.1) is 0 Å². The minimum Gasteiger partial charge on any atom is -0.208 e. The second kappa shape index (κ2) is 7.96. The van der Waals surface area contributed by atoms with Crippen LogP contribution >= 0.6 is 0 Å². The Morgan fingerprint density at radius 3 is 1.30 bits per heavy atom. The summed E-state index contributed by atoms with van der Waals surface area (Å²) < 4.78 is 136. The third-order valence-corrected chi connectivity index (χ3v) is 7.74. The van der Waals surface area contributed by atoms with Crippen molar-refractivity contribution in [2.24, 2.45) is 0 Å². The Morgan fingerprint density at radius 2 is 0.867 bits per heavy atom. The first kappa shape index (κ1) is 22.2. The molecule has 3 rings (SSSR count). The van der Waals surface area contributed by atoms with E-state index in [0.29, 0.717) is 6.07 Å². The Bertz CT molecular complexity index is 1110. The van der Waals surface area contributed by atoms with Gasteiger partial charge in [0, 0.05) is 18.2 Å². The zero-order chi connectivity index (χ0) is 22.5. The normalized spacial score (nSPS) is 11.2. The topological polar surface area (TPSA) is 0 Å². The minimum atomic E-state index is -4.51. The van der Waals surface area contributed by atoms with Gasteiger partial charge < -0.3 is 0 Å². The molecule has 0 N–H and O–H groups in total. The molecule has 0 saturated carbocycles. The summed E-state index contributed by atoms with van der Waals surface area (Å²) in [6.45, 7) is 1.08. The zero-order valence-electron chi connectivity index (χ0n) is 14.7. The van der Waals surface area contributed by atoms with Gasteiger partial charge in [0.05, 0.1) is 0 Å². The fourth-order valence-electron chi connectivity index (χ4n) is 3.05. The third-order valence-electron chi connectivity index (χ3n) is 4.47. The molecule has 0 bridgehead atoms. The number of hydrogen-bond acceptors (Lipinski definition) is 0. The summed E-state index contributed by atoms with van der Waals surface area (Å²) in [5, 5.41) is 0. The number of rotatable bonds is 3. The van der Waals surface area contributed by atoms with E-state index < -0.39 is 85.6 Å². The first-order valence-corrected chi connectivity index (χ1v) is 9.80. The molecule has 0 spiro atoms. The molecule has 0 heterocycles. The Hall–Kier alpha value is -2.51. The Kier molecular flexibility index (Phi) is 5.89. The van der Waals surface area contributed by atoms with Gasteiger partial charge in [0.25, 0.3) is 0 Å². The molecule has 3 aromatic carbocycles. The van der Waals surface area contributed by atoms with E-state index in [1.54, 1.807) is 0 Å². The lowest BCUT2D eigenvalue weighted by molar-refractivity contribution is 0.438. The van der Waals surface area contributed by atoms with Crippen LogP contribution in [-0.4, -0.2) is 14.1 Å². The van der Waals surface area contributed by atoms with E-state index in [4.69, 9.17) is 0 Å². The number of halogens is 10. The van der Waals surface area contributed by atoms with Gasteiger partial charge in [-0.2, -0.15) is 0 Å². The highest BCUT2D eigenvalue weighted by Gasteiger charge is 2.41. The molecule has 30 heavy (non-hydrogen) atoms. The highest BCUT2D eigenvalue weighted by molar-refractivity contribution is 6.95. The van der Waals surface area contributed by atoms with E-state index in [1.165, 1.54) is 0 Å². The molecule has 3 aromatic rings. The summed E-state index contributed by atoms with van der Waals surface area (Å²) in [6.07, 6.45) is 0. The van der Waals surface area contributed by atoms with Gasteiger partial charge >= 0.3 is 14.1 Å². The van der Waals surface area contributed by atoms with Crippen LogP contribution in [0, 0.1) is 65.1 Å². The van der Waals surface area contributed by atoms with Crippen LogP contribution < -0.4 is 13.3 Å². The summed E-state index contributed by atoms with van der Waals surface area (Å²) >= 11 is -4.51. The molecule has 0 aromatic heterocycles. The largest absolute Gasteiger partial charge is 0.407 e. The number of benzene rings is 3. The fraction of sp³-hybridized carbons (Fsp3) is 0.0526. The maximum atomic E-state index is 14.5. The van der Waals surface area contributed by atoms with Crippen molar-refractivity contribution >= 4 is 27.4 Å². The number of hydrogen-bond donors (Lipinski definition) is 0. The molecule has 0 nitrogen and oxygen atoms in total. The SMILES string of the molecule is Cc1c[c]([Al]([c]2c(F)cc(F)c(F)c2F)[c]2c(F)cc(F)c(F)c2F)c(F)cc1F.